The highest BCUT2D eigenvalue weighted by atomic mass is 19.1. The lowest BCUT2D eigenvalue weighted by molar-refractivity contribution is -0.00358. The van der Waals surface area contributed by atoms with Gasteiger partial charge in [0.2, 0.25) is 0 Å². The first-order valence-electron chi connectivity index (χ1n) is 10.5. The van der Waals surface area contributed by atoms with Crippen LogP contribution in [0, 0.1) is 11.7 Å². The van der Waals surface area contributed by atoms with Crippen LogP contribution in [0.15, 0.2) is 30.3 Å². The Balaban J connectivity index is 1.34. The summed E-state index contributed by atoms with van der Waals surface area (Å²) < 4.78 is 13.5. The number of hydrogen-bond acceptors (Lipinski definition) is 3. The average Bonchev–Trinajstić information content (AvgIpc) is 3.31. The van der Waals surface area contributed by atoms with Crippen molar-refractivity contribution in [1.29, 1.82) is 0 Å². The van der Waals surface area contributed by atoms with Gasteiger partial charge in [0.05, 0.1) is 6.04 Å². The van der Waals surface area contributed by atoms with E-state index in [-0.39, 0.29) is 23.7 Å². The van der Waals surface area contributed by atoms with Gasteiger partial charge in [-0.2, -0.15) is 5.10 Å². The number of nitrogens with one attached hydrogen (secondary N) is 1. The molecule has 1 aromatic heterocycles. The molecule has 5 aliphatic rings. The molecular formula is C22H25FN4O. The lowest BCUT2D eigenvalue weighted by atomic mass is 9.75. The summed E-state index contributed by atoms with van der Waals surface area (Å²) >= 11 is 0. The number of likely N-dealkylation sites (tertiary alicyclic amines) is 1. The summed E-state index contributed by atoms with van der Waals surface area (Å²) in [4.78, 5) is 18.1. The average molecular weight is 380 g/mol. The number of carbonyl (C=O) groups is 1. The molecule has 28 heavy (non-hydrogen) atoms. The molecule has 3 atom stereocenters. The zero-order valence-corrected chi connectivity index (χ0v) is 15.9. The third kappa shape index (κ3) is 2.54. The van der Waals surface area contributed by atoms with Crippen LogP contribution in [0.5, 0.6) is 0 Å². The molecule has 1 aliphatic carbocycles. The number of rotatable bonds is 3. The number of halogens is 1. The van der Waals surface area contributed by atoms with Crippen LogP contribution in [-0.2, 0) is 0 Å². The minimum Gasteiger partial charge on any atom is -0.332 e. The van der Waals surface area contributed by atoms with Crippen molar-refractivity contribution in [3.05, 3.63) is 53.1 Å². The third-order valence-electron chi connectivity index (χ3n) is 7.39. The van der Waals surface area contributed by atoms with Gasteiger partial charge in [-0.25, -0.2) is 4.39 Å². The molecule has 4 aliphatic heterocycles. The molecule has 1 N–H and O–H groups in total. The lowest BCUT2D eigenvalue weighted by Crippen LogP contribution is -2.60. The van der Waals surface area contributed by atoms with E-state index >= 15 is 0 Å². The maximum Gasteiger partial charge on any atom is 0.274 e. The largest absolute Gasteiger partial charge is 0.332 e. The fraction of sp³-hybridized carbons (Fsp3) is 0.545. The van der Waals surface area contributed by atoms with Gasteiger partial charge in [0.1, 0.15) is 11.5 Å². The van der Waals surface area contributed by atoms with Gasteiger partial charge in [-0.1, -0.05) is 12.1 Å². The van der Waals surface area contributed by atoms with E-state index in [1.165, 1.54) is 12.8 Å². The van der Waals surface area contributed by atoms with Gasteiger partial charge in [0.25, 0.3) is 5.91 Å². The maximum absolute atomic E-state index is 13.5. The van der Waals surface area contributed by atoms with E-state index in [1.54, 1.807) is 12.1 Å². The van der Waals surface area contributed by atoms with Crippen molar-refractivity contribution in [1.82, 2.24) is 20.0 Å². The second-order valence-corrected chi connectivity index (χ2v) is 8.95. The van der Waals surface area contributed by atoms with E-state index in [1.807, 2.05) is 18.2 Å². The molecule has 1 saturated carbocycles. The van der Waals surface area contributed by atoms with E-state index in [4.69, 9.17) is 0 Å². The number of H-pyrrole nitrogens is 1. The topological polar surface area (TPSA) is 52.2 Å². The number of aromatic nitrogens is 2. The van der Waals surface area contributed by atoms with Crippen LogP contribution in [-0.4, -0.2) is 57.6 Å². The van der Waals surface area contributed by atoms with Crippen molar-refractivity contribution in [3.63, 3.8) is 0 Å². The van der Waals surface area contributed by atoms with Crippen LogP contribution in [0.1, 0.15) is 59.3 Å². The molecule has 0 radical (unpaired) electrons. The zero-order chi connectivity index (χ0) is 18.8. The van der Waals surface area contributed by atoms with Crippen LogP contribution in [0.4, 0.5) is 4.39 Å². The van der Waals surface area contributed by atoms with Gasteiger partial charge in [-0.05, 0) is 68.5 Å². The van der Waals surface area contributed by atoms with Crippen molar-refractivity contribution in [3.8, 4) is 0 Å². The van der Waals surface area contributed by atoms with E-state index in [9.17, 15) is 9.18 Å². The maximum atomic E-state index is 13.5. The number of hydrogen-bond donors (Lipinski definition) is 1. The number of carbonyl (C=O) groups excluding carboxylic acids is 1. The summed E-state index contributed by atoms with van der Waals surface area (Å²) in [5.74, 6) is 1.20. The first-order chi connectivity index (χ1) is 13.7. The summed E-state index contributed by atoms with van der Waals surface area (Å²) in [7, 11) is 0. The molecule has 5 heterocycles. The molecule has 0 spiro atoms. The molecule has 1 aromatic carbocycles. The molecular weight excluding hydrogens is 355 g/mol. The van der Waals surface area contributed by atoms with Gasteiger partial charge in [-0.15, -0.1) is 0 Å². The number of aromatic amines is 1. The van der Waals surface area contributed by atoms with E-state index in [0.29, 0.717) is 30.1 Å². The highest BCUT2D eigenvalue weighted by Crippen LogP contribution is 2.47. The Morgan fingerprint density at radius 1 is 1.07 bits per heavy atom. The lowest BCUT2D eigenvalue weighted by Gasteiger charge is -2.51. The molecule has 6 heteroatoms. The second kappa shape index (κ2) is 6.14. The molecule has 146 valence electrons. The Kier molecular flexibility index (Phi) is 3.67. The molecule has 1 amide bonds. The minimum absolute atomic E-state index is 0.0523. The van der Waals surface area contributed by atoms with E-state index < -0.39 is 0 Å². The molecule has 0 unspecified atom stereocenters. The molecule has 7 rings (SSSR count). The second-order valence-electron chi connectivity index (χ2n) is 8.95. The Morgan fingerprint density at radius 3 is 2.54 bits per heavy atom. The van der Waals surface area contributed by atoms with Crippen LogP contribution >= 0.6 is 0 Å². The van der Waals surface area contributed by atoms with Gasteiger partial charge >= 0.3 is 0 Å². The molecule has 2 bridgehead atoms. The smallest absolute Gasteiger partial charge is 0.274 e. The van der Waals surface area contributed by atoms with Crippen LogP contribution < -0.4 is 0 Å². The van der Waals surface area contributed by atoms with Gasteiger partial charge in [0, 0.05) is 30.1 Å². The number of nitrogens with zero attached hydrogens (tertiary/aromatic N) is 3. The fourth-order valence-electron chi connectivity index (χ4n) is 5.85. The Labute approximate surface area is 163 Å². The minimum atomic E-state index is -0.208. The van der Waals surface area contributed by atoms with Gasteiger partial charge in [-0.3, -0.25) is 14.8 Å². The zero-order valence-electron chi connectivity index (χ0n) is 15.9. The van der Waals surface area contributed by atoms with Crippen LogP contribution in [0.2, 0.25) is 0 Å². The van der Waals surface area contributed by atoms with E-state index in [2.05, 4.69) is 20.0 Å². The molecule has 2 aromatic rings. The Morgan fingerprint density at radius 2 is 1.82 bits per heavy atom. The predicted molar refractivity (Wildman–Crippen MR) is 103 cm³/mol. The Hall–Kier alpha value is -2.21. The standard InChI is InChI=1S/C22H25FN4O/c23-16-5-3-13(4-6-16)17-12-27(20-15-7-9-26(10-8-15)21(17)20)22(28)19-11-18(24-25-19)14-1-2-14/h3-6,11,14-15,17,20-21H,1-2,7-10,12H2,(H,24,25)/t17-,20+,21+/m0/s1. The highest BCUT2D eigenvalue weighted by molar-refractivity contribution is 5.93. The quantitative estimate of drug-likeness (QED) is 0.890. The highest BCUT2D eigenvalue weighted by Gasteiger charge is 2.54. The summed E-state index contributed by atoms with van der Waals surface area (Å²) in [6, 6.07) is 9.42. The summed E-state index contributed by atoms with van der Waals surface area (Å²) in [6.45, 7) is 2.91. The molecule has 5 nitrogen and oxygen atoms in total. The van der Waals surface area contributed by atoms with E-state index in [0.717, 1.165) is 37.2 Å². The van der Waals surface area contributed by atoms with Crippen molar-refractivity contribution in [2.24, 2.45) is 5.92 Å². The third-order valence-corrected chi connectivity index (χ3v) is 7.39. The number of amides is 1. The molecule has 5 fully saturated rings. The van der Waals surface area contributed by atoms with Crippen molar-refractivity contribution in [2.45, 2.75) is 49.6 Å². The van der Waals surface area contributed by atoms with Gasteiger partial charge < -0.3 is 4.90 Å². The first kappa shape index (κ1) is 16.7. The SMILES string of the molecule is O=C(c1cc(C2CC2)[nH]n1)N1C[C@@H](c2ccc(F)cc2)[C@@H]2[C@H]1C1CCN2CC1. The van der Waals surface area contributed by atoms with Crippen molar-refractivity contribution < 1.29 is 9.18 Å². The summed E-state index contributed by atoms with van der Waals surface area (Å²) in [5, 5.41) is 7.43. The van der Waals surface area contributed by atoms with Crippen molar-refractivity contribution >= 4 is 5.91 Å². The Bertz CT molecular complexity index is 898. The molecule has 4 saturated heterocycles. The van der Waals surface area contributed by atoms with Crippen LogP contribution in [0.3, 0.4) is 0 Å². The van der Waals surface area contributed by atoms with Crippen molar-refractivity contribution in [2.75, 3.05) is 19.6 Å². The first-order valence-corrected chi connectivity index (χ1v) is 10.5. The summed E-state index contributed by atoms with van der Waals surface area (Å²) in [6.07, 6.45) is 4.70. The number of piperidine rings is 3. The predicted octanol–water partition coefficient (Wildman–Crippen LogP) is 3.13. The number of benzene rings is 1. The fourth-order valence-corrected chi connectivity index (χ4v) is 5.85. The number of fused-ring (bicyclic) bond motifs is 2. The van der Waals surface area contributed by atoms with Gasteiger partial charge in [0.15, 0.2) is 0 Å². The monoisotopic (exact) mass is 380 g/mol. The summed E-state index contributed by atoms with van der Waals surface area (Å²) in [5.41, 5.74) is 2.79. The normalized spacial score (nSPS) is 33.9. The van der Waals surface area contributed by atoms with Crippen LogP contribution in [0.25, 0.3) is 0 Å².